The van der Waals surface area contributed by atoms with E-state index in [0.29, 0.717) is 11.1 Å². The molecule has 1 heterocycles. The van der Waals surface area contributed by atoms with Crippen molar-refractivity contribution in [1.82, 2.24) is 0 Å². The van der Waals surface area contributed by atoms with E-state index in [4.69, 9.17) is 6.42 Å². The van der Waals surface area contributed by atoms with Gasteiger partial charge in [0.25, 0.3) is 0 Å². The summed E-state index contributed by atoms with van der Waals surface area (Å²) in [5.74, 6) is 2.56. The quantitative estimate of drug-likeness (QED) is 0.728. The number of rotatable bonds is 3. The maximum Gasteiger partial charge on any atom is 0.176 e. The Labute approximate surface area is 148 Å². The van der Waals surface area contributed by atoms with Crippen molar-refractivity contribution in [2.45, 2.75) is 12.0 Å². The van der Waals surface area contributed by atoms with Gasteiger partial charge in [0.2, 0.25) is 0 Å². The fourth-order valence-electron chi connectivity index (χ4n) is 3.50. The van der Waals surface area contributed by atoms with E-state index in [1.165, 1.54) is 11.3 Å². The number of para-hydroxylation sites is 1. The smallest absolute Gasteiger partial charge is 0.176 e. The molecule has 1 N–H and O–H groups in total. The van der Waals surface area contributed by atoms with Crippen LogP contribution in [0.3, 0.4) is 0 Å². The van der Waals surface area contributed by atoms with Crippen molar-refractivity contribution in [3.8, 4) is 12.3 Å². The van der Waals surface area contributed by atoms with Crippen LogP contribution in [0.5, 0.6) is 0 Å². The highest BCUT2D eigenvalue weighted by Gasteiger charge is 2.29. The second kappa shape index (κ2) is 6.12. The summed E-state index contributed by atoms with van der Waals surface area (Å²) in [7, 11) is 0. The van der Waals surface area contributed by atoms with E-state index >= 15 is 0 Å². The predicted octanol–water partition coefficient (Wildman–Crippen LogP) is 4.25. The lowest BCUT2D eigenvalue weighted by molar-refractivity contribution is 0.145. The standard InChI is InChI=1S/C23H19NO/c1-2-23(25,19-9-4-3-5-10-19)20-12-14-21(15-13-20)24-17-16-18-8-6-7-11-22(18)24/h1,3-15,25H,16-17H2. The second-order valence-electron chi connectivity index (χ2n) is 6.30. The Bertz CT molecular complexity index is 924. The summed E-state index contributed by atoms with van der Waals surface area (Å²) in [6.45, 7) is 0.969. The van der Waals surface area contributed by atoms with E-state index in [1.54, 1.807) is 0 Å². The molecule has 0 amide bonds. The van der Waals surface area contributed by atoms with E-state index in [0.717, 1.165) is 18.7 Å². The van der Waals surface area contributed by atoms with E-state index in [-0.39, 0.29) is 0 Å². The zero-order chi connectivity index (χ0) is 17.3. The highest BCUT2D eigenvalue weighted by molar-refractivity contribution is 5.70. The molecule has 0 bridgehead atoms. The Morgan fingerprint density at radius 3 is 2.20 bits per heavy atom. The van der Waals surface area contributed by atoms with Crippen molar-refractivity contribution in [3.63, 3.8) is 0 Å². The van der Waals surface area contributed by atoms with Crippen LogP contribution in [0.1, 0.15) is 16.7 Å². The molecule has 1 aliphatic heterocycles. The highest BCUT2D eigenvalue weighted by atomic mass is 16.3. The van der Waals surface area contributed by atoms with Gasteiger partial charge in [-0.1, -0.05) is 66.6 Å². The van der Waals surface area contributed by atoms with Gasteiger partial charge < -0.3 is 10.0 Å². The summed E-state index contributed by atoms with van der Waals surface area (Å²) in [6.07, 6.45) is 6.74. The molecule has 4 rings (SSSR count). The predicted molar refractivity (Wildman–Crippen MR) is 102 cm³/mol. The number of aliphatic hydroxyl groups is 1. The molecule has 0 aliphatic carbocycles. The Hall–Kier alpha value is -3.02. The minimum absolute atomic E-state index is 0.705. The first-order valence-corrected chi connectivity index (χ1v) is 8.44. The fourth-order valence-corrected chi connectivity index (χ4v) is 3.50. The first kappa shape index (κ1) is 15.5. The van der Waals surface area contributed by atoms with Crippen LogP contribution in [0, 0.1) is 12.3 Å². The number of anilines is 2. The summed E-state index contributed by atoms with van der Waals surface area (Å²) < 4.78 is 0. The zero-order valence-corrected chi connectivity index (χ0v) is 13.9. The van der Waals surface area contributed by atoms with Crippen molar-refractivity contribution in [2.24, 2.45) is 0 Å². The normalized spacial score (nSPS) is 15.3. The molecule has 0 fully saturated rings. The van der Waals surface area contributed by atoms with Crippen LogP contribution < -0.4 is 4.90 Å². The monoisotopic (exact) mass is 325 g/mol. The van der Waals surface area contributed by atoms with Gasteiger partial charge in [-0.25, -0.2) is 0 Å². The topological polar surface area (TPSA) is 23.5 Å². The number of fused-ring (bicyclic) bond motifs is 1. The summed E-state index contributed by atoms with van der Waals surface area (Å²) in [4.78, 5) is 2.30. The molecule has 25 heavy (non-hydrogen) atoms. The lowest BCUT2D eigenvalue weighted by Gasteiger charge is -2.25. The van der Waals surface area contributed by atoms with Gasteiger partial charge in [0, 0.05) is 29.0 Å². The van der Waals surface area contributed by atoms with Gasteiger partial charge in [-0.2, -0.15) is 0 Å². The number of nitrogens with zero attached hydrogens (tertiary/aromatic N) is 1. The molecule has 1 aliphatic rings. The Balaban J connectivity index is 1.68. The molecule has 3 aromatic rings. The molecule has 0 saturated heterocycles. The molecule has 1 atom stereocenters. The van der Waals surface area contributed by atoms with Gasteiger partial charge >= 0.3 is 0 Å². The van der Waals surface area contributed by atoms with Gasteiger partial charge in [-0.05, 0) is 30.2 Å². The fraction of sp³-hybridized carbons (Fsp3) is 0.130. The first-order chi connectivity index (χ1) is 12.2. The van der Waals surface area contributed by atoms with E-state index in [2.05, 4.69) is 35.1 Å². The number of terminal acetylenes is 1. The van der Waals surface area contributed by atoms with Crippen molar-refractivity contribution in [3.05, 3.63) is 95.6 Å². The molecule has 1 unspecified atom stereocenters. The number of hydrogen-bond donors (Lipinski definition) is 1. The van der Waals surface area contributed by atoms with E-state index < -0.39 is 5.60 Å². The third kappa shape index (κ3) is 2.59. The molecule has 0 radical (unpaired) electrons. The summed E-state index contributed by atoms with van der Waals surface area (Å²) >= 11 is 0. The molecule has 3 aromatic carbocycles. The van der Waals surface area contributed by atoms with Crippen molar-refractivity contribution < 1.29 is 5.11 Å². The Kier molecular flexibility index (Phi) is 3.80. The number of hydrogen-bond acceptors (Lipinski definition) is 2. The van der Waals surface area contributed by atoms with Gasteiger partial charge in [-0.3, -0.25) is 0 Å². The summed E-state index contributed by atoms with van der Waals surface area (Å²) in [5, 5.41) is 11.0. The van der Waals surface area contributed by atoms with Crippen LogP contribution in [0.15, 0.2) is 78.9 Å². The summed E-state index contributed by atoms with van der Waals surface area (Å²) in [6, 6.07) is 25.8. The third-order valence-electron chi connectivity index (χ3n) is 4.88. The van der Waals surface area contributed by atoms with Gasteiger partial charge in [-0.15, -0.1) is 6.42 Å². The van der Waals surface area contributed by atoms with Crippen molar-refractivity contribution in [1.29, 1.82) is 0 Å². The lowest BCUT2D eigenvalue weighted by Crippen LogP contribution is -2.25. The van der Waals surface area contributed by atoms with Crippen LogP contribution >= 0.6 is 0 Å². The minimum Gasteiger partial charge on any atom is -0.369 e. The van der Waals surface area contributed by atoms with Gasteiger partial charge in [0.1, 0.15) is 0 Å². The lowest BCUT2D eigenvalue weighted by atomic mass is 9.87. The summed E-state index contributed by atoms with van der Waals surface area (Å²) in [5.41, 5.74) is 3.74. The first-order valence-electron chi connectivity index (χ1n) is 8.44. The minimum atomic E-state index is -1.41. The van der Waals surface area contributed by atoms with E-state index in [9.17, 15) is 5.11 Å². The molecule has 0 saturated carbocycles. The second-order valence-corrected chi connectivity index (χ2v) is 6.30. The van der Waals surface area contributed by atoms with Gasteiger partial charge in [0.15, 0.2) is 5.60 Å². The Morgan fingerprint density at radius 1 is 0.840 bits per heavy atom. The maximum absolute atomic E-state index is 11.0. The van der Waals surface area contributed by atoms with Crippen LogP contribution in [0.25, 0.3) is 0 Å². The molecule has 0 aromatic heterocycles. The molecule has 2 heteroatoms. The molecular formula is C23H19NO. The number of benzene rings is 3. The molecule has 122 valence electrons. The Morgan fingerprint density at radius 2 is 1.48 bits per heavy atom. The average Bonchev–Trinajstić information content (AvgIpc) is 3.12. The molecule has 0 spiro atoms. The van der Waals surface area contributed by atoms with Crippen molar-refractivity contribution >= 4 is 11.4 Å². The third-order valence-corrected chi connectivity index (χ3v) is 4.88. The van der Waals surface area contributed by atoms with Crippen LogP contribution in [-0.4, -0.2) is 11.7 Å². The maximum atomic E-state index is 11.0. The zero-order valence-electron chi connectivity index (χ0n) is 13.9. The van der Waals surface area contributed by atoms with E-state index in [1.807, 2.05) is 54.6 Å². The van der Waals surface area contributed by atoms with Crippen molar-refractivity contribution in [2.75, 3.05) is 11.4 Å². The van der Waals surface area contributed by atoms with Crippen LogP contribution in [0.4, 0.5) is 11.4 Å². The van der Waals surface area contributed by atoms with Crippen LogP contribution in [-0.2, 0) is 12.0 Å². The van der Waals surface area contributed by atoms with Gasteiger partial charge in [0.05, 0.1) is 0 Å². The highest BCUT2D eigenvalue weighted by Crippen LogP contribution is 2.36. The van der Waals surface area contributed by atoms with Crippen LogP contribution in [0.2, 0.25) is 0 Å². The largest absolute Gasteiger partial charge is 0.369 e. The average molecular weight is 325 g/mol. The molecular weight excluding hydrogens is 306 g/mol. The molecule has 2 nitrogen and oxygen atoms in total. The SMILES string of the molecule is C#CC(O)(c1ccccc1)c1ccc(N2CCc3ccccc32)cc1.